The maximum Gasteiger partial charge on any atom is 0.135 e. The SMILES string of the molecule is COc1c(C)cc(C)cc1-c1nc(N)cs1. The topological polar surface area (TPSA) is 48.1 Å². The van der Waals surface area contributed by atoms with Crippen molar-refractivity contribution in [3.63, 3.8) is 0 Å². The van der Waals surface area contributed by atoms with Gasteiger partial charge in [0, 0.05) is 5.38 Å². The maximum atomic E-state index is 5.64. The largest absolute Gasteiger partial charge is 0.496 e. The van der Waals surface area contributed by atoms with Crippen molar-refractivity contribution in [2.24, 2.45) is 0 Å². The van der Waals surface area contributed by atoms with Crippen molar-refractivity contribution in [2.45, 2.75) is 13.8 Å². The van der Waals surface area contributed by atoms with Gasteiger partial charge in [0.15, 0.2) is 0 Å². The maximum absolute atomic E-state index is 5.64. The Kier molecular flexibility index (Phi) is 2.83. The molecule has 0 unspecified atom stereocenters. The molecule has 1 aromatic carbocycles. The van der Waals surface area contributed by atoms with Crippen LogP contribution in [0.2, 0.25) is 0 Å². The first-order chi connectivity index (χ1) is 7.61. The van der Waals surface area contributed by atoms with Gasteiger partial charge >= 0.3 is 0 Å². The van der Waals surface area contributed by atoms with E-state index in [1.54, 1.807) is 7.11 Å². The molecule has 0 atom stereocenters. The van der Waals surface area contributed by atoms with E-state index in [0.717, 1.165) is 21.9 Å². The number of nitrogens with zero attached hydrogens (tertiary/aromatic N) is 1. The lowest BCUT2D eigenvalue weighted by Gasteiger charge is -2.10. The molecule has 0 amide bonds. The summed E-state index contributed by atoms with van der Waals surface area (Å²) >= 11 is 1.53. The van der Waals surface area contributed by atoms with Crippen LogP contribution in [0.15, 0.2) is 17.5 Å². The zero-order chi connectivity index (χ0) is 11.7. The summed E-state index contributed by atoms with van der Waals surface area (Å²) in [6.45, 7) is 4.10. The van der Waals surface area contributed by atoms with Crippen molar-refractivity contribution in [1.29, 1.82) is 0 Å². The molecule has 3 nitrogen and oxygen atoms in total. The summed E-state index contributed by atoms with van der Waals surface area (Å²) in [5, 5.41) is 2.74. The molecule has 0 radical (unpaired) electrons. The number of aryl methyl sites for hydroxylation is 2. The van der Waals surface area contributed by atoms with Gasteiger partial charge in [0.25, 0.3) is 0 Å². The second-order valence-electron chi connectivity index (χ2n) is 3.74. The van der Waals surface area contributed by atoms with Crippen LogP contribution >= 0.6 is 11.3 Å². The Bertz CT molecular complexity index is 520. The number of benzene rings is 1. The molecule has 2 aromatic rings. The molecule has 16 heavy (non-hydrogen) atoms. The number of rotatable bonds is 2. The summed E-state index contributed by atoms with van der Waals surface area (Å²) in [5.41, 5.74) is 8.97. The summed E-state index contributed by atoms with van der Waals surface area (Å²) in [6, 6.07) is 4.17. The van der Waals surface area contributed by atoms with E-state index < -0.39 is 0 Å². The highest BCUT2D eigenvalue weighted by Gasteiger charge is 2.12. The van der Waals surface area contributed by atoms with Crippen LogP contribution in [0, 0.1) is 13.8 Å². The average Bonchev–Trinajstić information content (AvgIpc) is 2.63. The Morgan fingerprint density at radius 1 is 1.31 bits per heavy atom. The number of anilines is 1. The minimum absolute atomic E-state index is 0.557. The number of hydrogen-bond acceptors (Lipinski definition) is 4. The van der Waals surface area contributed by atoms with E-state index in [0.29, 0.717) is 5.82 Å². The quantitative estimate of drug-likeness (QED) is 0.869. The Morgan fingerprint density at radius 3 is 2.62 bits per heavy atom. The fraction of sp³-hybridized carbons (Fsp3) is 0.250. The lowest BCUT2D eigenvalue weighted by molar-refractivity contribution is 0.413. The summed E-state index contributed by atoms with van der Waals surface area (Å²) in [7, 11) is 1.68. The molecule has 0 saturated heterocycles. The molecular weight excluding hydrogens is 220 g/mol. The molecule has 0 aliphatic rings. The van der Waals surface area contributed by atoms with Crippen molar-refractivity contribution in [3.8, 4) is 16.3 Å². The molecule has 2 N–H and O–H groups in total. The molecule has 0 aliphatic carbocycles. The highest BCUT2D eigenvalue weighted by atomic mass is 32.1. The smallest absolute Gasteiger partial charge is 0.135 e. The number of nitrogens with two attached hydrogens (primary N) is 1. The van der Waals surface area contributed by atoms with Gasteiger partial charge in [0.05, 0.1) is 12.7 Å². The number of thiazole rings is 1. The fourth-order valence-electron chi connectivity index (χ4n) is 1.79. The van der Waals surface area contributed by atoms with Gasteiger partial charge in [-0.3, -0.25) is 0 Å². The number of ether oxygens (including phenoxy) is 1. The van der Waals surface area contributed by atoms with Gasteiger partial charge in [-0.1, -0.05) is 6.07 Å². The number of hydrogen-bond donors (Lipinski definition) is 1. The first-order valence-electron chi connectivity index (χ1n) is 4.98. The van der Waals surface area contributed by atoms with E-state index in [1.807, 2.05) is 12.3 Å². The highest BCUT2D eigenvalue weighted by Crippen LogP contribution is 2.36. The third-order valence-electron chi connectivity index (χ3n) is 2.38. The van der Waals surface area contributed by atoms with Crippen molar-refractivity contribution in [2.75, 3.05) is 12.8 Å². The number of methoxy groups -OCH3 is 1. The lowest BCUT2D eigenvalue weighted by atomic mass is 10.1. The van der Waals surface area contributed by atoms with Gasteiger partial charge < -0.3 is 10.5 Å². The van der Waals surface area contributed by atoms with E-state index >= 15 is 0 Å². The van der Waals surface area contributed by atoms with Crippen LogP contribution < -0.4 is 10.5 Å². The third kappa shape index (κ3) is 1.88. The van der Waals surface area contributed by atoms with Gasteiger partial charge in [-0.2, -0.15) is 0 Å². The Hall–Kier alpha value is -1.55. The van der Waals surface area contributed by atoms with Crippen LogP contribution in [0.3, 0.4) is 0 Å². The van der Waals surface area contributed by atoms with Gasteiger partial charge in [0.2, 0.25) is 0 Å². The number of aromatic nitrogens is 1. The van der Waals surface area contributed by atoms with Gasteiger partial charge in [0.1, 0.15) is 16.6 Å². The average molecular weight is 234 g/mol. The monoisotopic (exact) mass is 234 g/mol. The first kappa shape index (κ1) is 11.0. The standard InChI is InChI=1S/C12H14N2OS/c1-7-4-8(2)11(15-3)9(5-7)12-14-10(13)6-16-12/h4-6H,13H2,1-3H3. The van der Waals surface area contributed by atoms with Gasteiger partial charge in [-0.05, 0) is 31.0 Å². The van der Waals surface area contributed by atoms with Crippen LogP contribution in [0.4, 0.5) is 5.82 Å². The van der Waals surface area contributed by atoms with Crippen LogP contribution in [0.25, 0.3) is 10.6 Å². The molecule has 0 fully saturated rings. The van der Waals surface area contributed by atoms with E-state index in [9.17, 15) is 0 Å². The molecule has 0 aliphatic heterocycles. The Labute approximate surface area is 98.9 Å². The predicted molar refractivity (Wildman–Crippen MR) is 68.0 cm³/mol. The van der Waals surface area contributed by atoms with Crippen LogP contribution in [-0.4, -0.2) is 12.1 Å². The van der Waals surface area contributed by atoms with Crippen molar-refractivity contribution >= 4 is 17.2 Å². The van der Waals surface area contributed by atoms with Crippen LogP contribution in [0.5, 0.6) is 5.75 Å². The van der Waals surface area contributed by atoms with Crippen molar-refractivity contribution < 1.29 is 4.74 Å². The molecule has 2 rings (SSSR count). The molecular formula is C12H14N2OS. The van der Waals surface area contributed by atoms with Crippen molar-refractivity contribution in [1.82, 2.24) is 4.98 Å². The minimum Gasteiger partial charge on any atom is -0.496 e. The molecule has 4 heteroatoms. The lowest BCUT2D eigenvalue weighted by Crippen LogP contribution is -1.93. The number of nitrogen functional groups attached to an aromatic ring is 1. The summed E-state index contributed by atoms with van der Waals surface area (Å²) in [4.78, 5) is 4.29. The van der Waals surface area contributed by atoms with Crippen molar-refractivity contribution in [3.05, 3.63) is 28.6 Å². The molecule has 0 spiro atoms. The zero-order valence-electron chi connectivity index (χ0n) is 9.57. The van der Waals surface area contributed by atoms with E-state index in [4.69, 9.17) is 10.5 Å². The van der Waals surface area contributed by atoms with Gasteiger partial charge in [-0.15, -0.1) is 11.3 Å². The second-order valence-corrected chi connectivity index (χ2v) is 4.60. The van der Waals surface area contributed by atoms with E-state index in [2.05, 4.69) is 24.0 Å². The predicted octanol–water partition coefficient (Wildman–Crippen LogP) is 3.02. The summed E-state index contributed by atoms with van der Waals surface area (Å²) in [5.74, 6) is 1.43. The van der Waals surface area contributed by atoms with Crippen LogP contribution in [-0.2, 0) is 0 Å². The molecule has 0 bridgehead atoms. The minimum atomic E-state index is 0.557. The zero-order valence-corrected chi connectivity index (χ0v) is 10.4. The fourth-order valence-corrected chi connectivity index (χ4v) is 2.52. The third-order valence-corrected chi connectivity index (χ3v) is 3.27. The Balaban J connectivity index is 2.63. The molecule has 1 aromatic heterocycles. The highest BCUT2D eigenvalue weighted by molar-refractivity contribution is 7.13. The summed E-state index contributed by atoms with van der Waals surface area (Å²) < 4.78 is 5.42. The molecule has 1 heterocycles. The second kappa shape index (κ2) is 4.14. The summed E-state index contributed by atoms with van der Waals surface area (Å²) in [6.07, 6.45) is 0. The normalized spacial score (nSPS) is 10.4. The van der Waals surface area contributed by atoms with E-state index in [1.165, 1.54) is 16.9 Å². The van der Waals surface area contributed by atoms with Gasteiger partial charge in [-0.25, -0.2) is 4.98 Å². The Morgan fingerprint density at radius 2 is 2.06 bits per heavy atom. The molecule has 0 saturated carbocycles. The molecule has 84 valence electrons. The van der Waals surface area contributed by atoms with E-state index in [-0.39, 0.29) is 0 Å². The first-order valence-corrected chi connectivity index (χ1v) is 5.86. The van der Waals surface area contributed by atoms with Crippen LogP contribution in [0.1, 0.15) is 11.1 Å².